The van der Waals surface area contributed by atoms with E-state index >= 15 is 0 Å². The predicted octanol–water partition coefficient (Wildman–Crippen LogP) is 2.15. The largest absolute Gasteiger partial charge is 0.444 e. The van der Waals surface area contributed by atoms with Gasteiger partial charge in [-0.05, 0) is 31.5 Å². The third-order valence-corrected chi connectivity index (χ3v) is 5.18. The lowest BCUT2D eigenvalue weighted by Crippen LogP contribution is -2.24. The summed E-state index contributed by atoms with van der Waals surface area (Å²) in [5.74, 6) is 0.510. The highest BCUT2D eigenvalue weighted by molar-refractivity contribution is 6.05. The zero-order valence-electron chi connectivity index (χ0n) is 17.1. The number of nitrogens with one attached hydrogen (secondary N) is 1. The molecular formula is C21H21N7O3. The molecule has 1 aliphatic rings. The van der Waals surface area contributed by atoms with Crippen LogP contribution in [0.5, 0.6) is 0 Å². The van der Waals surface area contributed by atoms with Gasteiger partial charge >= 0.3 is 0 Å². The fourth-order valence-corrected chi connectivity index (χ4v) is 3.71. The van der Waals surface area contributed by atoms with Crippen LogP contribution in [-0.4, -0.2) is 54.9 Å². The number of rotatable bonds is 4. The fourth-order valence-electron chi connectivity index (χ4n) is 3.71. The van der Waals surface area contributed by atoms with Gasteiger partial charge in [0.05, 0.1) is 11.8 Å². The summed E-state index contributed by atoms with van der Waals surface area (Å²) in [5, 5.41) is 18.0. The number of nitrogens with zero attached hydrogens (tertiary/aromatic N) is 6. The number of aryl methyl sites for hydroxylation is 2. The van der Waals surface area contributed by atoms with E-state index in [1.165, 1.54) is 6.26 Å². The molecule has 4 aromatic heterocycles. The van der Waals surface area contributed by atoms with Gasteiger partial charge in [0.2, 0.25) is 5.89 Å². The zero-order valence-corrected chi connectivity index (χ0v) is 17.1. The molecule has 5 rings (SSSR count). The van der Waals surface area contributed by atoms with E-state index in [9.17, 15) is 9.90 Å². The number of carbonyl (C=O) groups is 1. The lowest BCUT2D eigenvalue weighted by atomic mass is 10.2. The number of hydrogen-bond acceptors (Lipinski definition) is 8. The number of amides is 1. The smallest absolute Gasteiger partial charge is 0.277 e. The van der Waals surface area contributed by atoms with Gasteiger partial charge in [-0.15, -0.1) is 0 Å². The first-order chi connectivity index (χ1) is 15.0. The van der Waals surface area contributed by atoms with Crippen molar-refractivity contribution in [2.45, 2.75) is 19.4 Å². The van der Waals surface area contributed by atoms with Crippen LogP contribution in [0.25, 0.3) is 22.5 Å². The summed E-state index contributed by atoms with van der Waals surface area (Å²) in [4.78, 5) is 28.0. The Balaban J connectivity index is 1.46. The van der Waals surface area contributed by atoms with Gasteiger partial charge in [-0.2, -0.15) is 5.10 Å². The molecule has 1 unspecified atom stereocenters. The molecule has 1 amide bonds. The summed E-state index contributed by atoms with van der Waals surface area (Å²) in [6.07, 6.45) is 5.05. The molecule has 10 nitrogen and oxygen atoms in total. The van der Waals surface area contributed by atoms with Gasteiger partial charge in [0.1, 0.15) is 6.26 Å². The summed E-state index contributed by atoms with van der Waals surface area (Å²) in [6.45, 7) is 2.97. The molecule has 158 valence electrons. The van der Waals surface area contributed by atoms with E-state index in [1.807, 2.05) is 37.2 Å². The minimum Gasteiger partial charge on any atom is -0.444 e. The predicted molar refractivity (Wildman–Crippen MR) is 114 cm³/mol. The maximum Gasteiger partial charge on any atom is 0.277 e. The number of aliphatic hydroxyl groups excluding tert-OH is 1. The second-order valence-electron chi connectivity index (χ2n) is 7.64. The molecule has 2 N–H and O–H groups in total. The number of pyridine rings is 2. The molecule has 5 heterocycles. The molecule has 1 atom stereocenters. The normalized spacial score (nSPS) is 16.2. The van der Waals surface area contributed by atoms with E-state index in [-0.39, 0.29) is 5.69 Å². The van der Waals surface area contributed by atoms with Crippen molar-refractivity contribution < 1.29 is 14.3 Å². The van der Waals surface area contributed by atoms with Crippen LogP contribution >= 0.6 is 0 Å². The molecule has 4 aromatic rings. The van der Waals surface area contributed by atoms with Crippen molar-refractivity contribution in [2.75, 3.05) is 23.3 Å². The van der Waals surface area contributed by atoms with Crippen molar-refractivity contribution in [1.82, 2.24) is 24.7 Å². The van der Waals surface area contributed by atoms with E-state index in [2.05, 4.69) is 25.4 Å². The number of anilines is 2. The van der Waals surface area contributed by atoms with Crippen molar-refractivity contribution in [3.8, 4) is 11.5 Å². The number of β-amino-alcohol motifs (C(OH)–C–C–N with tert-alkyl or cyclic N) is 1. The van der Waals surface area contributed by atoms with Gasteiger partial charge in [0.25, 0.3) is 5.91 Å². The van der Waals surface area contributed by atoms with Crippen molar-refractivity contribution in [2.24, 2.45) is 7.05 Å². The number of aliphatic hydroxyl groups is 1. The zero-order chi connectivity index (χ0) is 21.5. The quantitative estimate of drug-likeness (QED) is 0.516. The lowest BCUT2D eigenvalue weighted by Gasteiger charge is -2.20. The standard InChI is InChI=1S/C21H21N7O3/c1-12-7-13(3-5-22-12)21-24-17(11-31-21)20(30)23-16-8-14-9-27(2)26-18(14)25-19(16)28-6-4-15(29)10-28/h3,5,7-9,11,15,29H,4,6,10H2,1-2H3,(H,23,30). The molecule has 0 spiro atoms. The average Bonchev–Trinajstić information content (AvgIpc) is 3.46. The number of carbonyl (C=O) groups excluding carboxylic acids is 1. The highest BCUT2D eigenvalue weighted by atomic mass is 16.3. The van der Waals surface area contributed by atoms with Gasteiger partial charge in [0.15, 0.2) is 17.2 Å². The fraction of sp³-hybridized carbons (Fsp3) is 0.286. The summed E-state index contributed by atoms with van der Waals surface area (Å²) in [5.41, 5.74) is 2.84. The van der Waals surface area contributed by atoms with Gasteiger partial charge in [0, 0.05) is 49.2 Å². The molecule has 0 bridgehead atoms. The molecule has 0 aliphatic carbocycles. The first-order valence-electron chi connectivity index (χ1n) is 9.93. The minimum absolute atomic E-state index is 0.156. The highest BCUT2D eigenvalue weighted by Gasteiger charge is 2.26. The Labute approximate surface area is 177 Å². The monoisotopic (exact) mass is 419 g/mol. The molecule has 0 aromatic carbocycles. The minimum atomic E-state index is -0.424. The molecule has 31 heavy (non-hydrogen) atoms. The Bertz CT molecular complexity index is 1280. The number of hydrogen-bond donors (Lipinski definition) is 2. The highest BCUT2D eigenvalue weighted by Crippen LogP contribution is 2.31. The van der Waals surface area contributed by atoms with Crippen LogP contribution in [0.2, 0.25) is 0 Å². The number of oxazole rings is 1. The van der Waals surface area contributed by atoms with E-state index < -0.39 is 12.0 Å². The maximum atomic E-state index is 12.9. The molecule has 10 heteroatoms. The van der Waals surface area contributed by atoms with Gasteiger partial charge in [-0.3, -0.25) is 14.5 Å². The van der Waals surface area contributed by atoms with Crippen molar-refractivity contribution in [3.63, 3.8) is 0 Å². The summed E-state index contributed by atoms with van der Waals surface area (Å²) < 4.78 is 7.18. The molecule has 1 saturated heterocycles. The third-order valence-electron chi connectivity index (χ3n) is 5.18. The van der Waals surface area contributed by atoms with E-state index in [4.69, 9.17) is 4.42 Å². The topological polar surface area (TPSA) is 122 Å². The summed E-state index contributed by atoms with van der Waals surface area (Å²) in [6, 6.07) is 5.45. The molecular weight excluding hydrogens is 398 g/mol. The summed E-state index contributed by atoms with van der Waals surface area (Å²) >= 11 is 0. The summed E-state index contributed by atoms with van der Waals surface area (Å²) in [7, 11) is 1.82. The first kappa shape index (κ1) is 19.2. The Morgan fingerprint density at radius 1 is 1.32 bits per heavy atom. The Morgan fingerprint density at radius 3 is 2.97 bits per heavy atom. The molecule has 1 fully saturated rings. The van der Waals surface area contributed by atoms with Crippen molar-refractivity contribution >= 4 is 28.4 Å². The van der Waals surface area contributed by atoms with Crippen LogP contribution in [0.15, 0.2) is 41.3 Å². The Kier molecular flexibility index (Phi) is 4.63. The molecule has 0 saturated carbocycles. The first-order valence-corrected chi connectivity index (χ1v) is 9.93. The average molecular weight is 419 g/mol. The number of fused-ring (bicyclic) bond motifs is 1. The van der Waals surface area contributed by atoms with Crippen LogP contribution < -0.4 is 10.2 Å². The van der Waals surface area contributed by atoms with Gasteiger partial charge in [-0.25, -0.2) is 9.97 Å². The van der Waals surface area contributed by atoms with Crippen molar-refractivity contribution in [1.29, 1.82) is 0 Å². The Hall–Kier alpha value is -3.79. The van der Waals surface area contributed by atoms with Gasteiger partial charge in [-0.1, -0.05) is 0 Å². The van der Waals surface area contributed by atoms with Crippen molar-refractivity contribution in [3.05, 3.63) is 48.2 Å². The second kappa shape index (κ2) is 7.47. The van der Waals surface area contributed by atoms with Crippen LogP contribution in [0.1, 0.15) is 22.6 Å². The van der Waals surface area contributed by atoms with Crippen LogP contribution in [0.3, 0.4) is 0 Å². The van der Waals surface area contributed by atoms with Crippen LogP contribution in [-0.2, 0) is 7.05 Å². The van der Waals surface area contributed by atoms with E-state index in [0.717, 1.165) is 16.6 Å². The Morgan fingerprint density at radius 2 is 2.19 bits per heavy atom. The number of aromatic nitrogens is 5. The van der Waals surface area contributed by atoms with Crippen LogP contribution in [0.4, 0.5) is 11.5 Å². The van der Waals surface area contributed by atoms with Gasteiger partial charge < -0.3 is 19.7 Å². The molecule has 1 aliphatic heterocycles. The van der Waals surface area contributed by atoms with Crippen LogP contribution in [0, 0.1) is 6.92 Å². The molecule has 0 radical (unpaired) electrons. The maximum absolute atomic E-state index is 12.9. The van der Waals surface area contributed by atoms with E-state index in [0.29, 0.717) is 42.6 Å². The lowest BCUT2D eigenvalue weighted by molar-refractivity contribution is 0.102. The second-order valence-corrected chi connectivity index (χ2v) is 7.64. The SMILES string of the molecule is Cc1cc(-c2nc(C(=O)Nc3cc4cn(C)nc4nc3N3CCC(O)C3)co2)ccn1. The van der Waals surface area contributed by atoms with E-state index in [1.54, 1.807) is 16.9 Å². The third kappa shape index (κ3) is 3.73.